The van der Waals surface area contributed by atoms with Crippen molar-refractivity contribution in [1.29, 1.82) is 0 Å². The maximum absolute atomic E-state index is 9.10. The third-order valence-corrected chi connectivity index (χ3v) is 0.965. The molecule has 0 saturated carbocycles. The first-order valence-corrected chi connectivity index (χ1v) is 4.10. The van der Waals surface area contributed by atoms with Crippen molar-refractivity contribution >= 4 is 23.9 Å². The number of aromatic amines is 1. The van der Waals surface area contributed by atoms with E-state index in [9.17, 15) is 0 Å². The summed E-state index contributed by atoms with van der Waals surface area (Å²) in [5.41, 5.74) is 0. The lowest BCUT2D eigenvalue weighted by molar-refractivity contribution is -0.378. The molecule has 1 heterocycles. The van der Waals surface area contributed by atoms with Crippen molar-refractivity contribution in [1.82, 2.24) is 0 Å². The van der Waals surface area contributed by atoms with E-state index in [1.807, 2.05) is 30.6 Å². The summed E-state index contributed by atoms with van der Waals surface area (Å²) in [6.07, 6.45) is 3.75. The molecule has 20 heavy (non-hydrogen) atoms. The van der Waals surface area contributed by atoms with Crippen LogP contribution >= 0.6 is 0 Å². The number of hydrogen-bond donors (Lipinski definition) is 3. The van der Waals surface area contributed by atoms with E-state index in [-0.39, 0.29) is 11.0 Å². The van der Waals surface area contributed by atoms with Crippen LogP contribution in [0.3, 0.4) is 0 Å². The number of rotatable bonds is 0. The first-order valence-electron chi connectivity index (χ1n) is 4.10. The Morgan fingerprint density at radius 3 is 1.10 bits per heavy atom. The third kappa shape index (κ3) is 24.3. The van der Waals surface area contributed by atoms with Gasteiger partial charge in [-0.2, -0.15) is 0 Å². The van der Waals surface area contributed by atoms with Crippen LogP contribution in [0.25, 0.3) is 0 Å². The number of carbonyl (C=O) groups excluding carboxylic acids is 1. The smallest absolute Gasteiger partial charge is 0.414 e. The van der Waals surface area contributed by atoms with Crippen LogP contribution in [0, 0.1) is 0 Å². The van der Waals surface area contributed by atoms with Crippen molar-refractivity contribution < 1.29 is 55.5 Å². The number of nitrogens with one attached hydrogen (secondary N) is 1. The lowest BCUT2D eigenvalue weighted by Crippen LogP contribution is -2.30. The first-order chi connectivity index (χ1) is 8.29. The number of aliphatic carboxylic acids is 4. The SMILES string of the molecule is O.O.O=C(O)C(=O)O.O=C([O-])C(=O)O.c1cc[nH+]cc1. The van der Waals surface area contributed by atoms with Gasteiger partial charge in [-0.25, -0.2) is 19.4 Å². The van der Waals surface area contributed by atoms with Gasteiger partial charge in [-0.05, 0) is 0 Å². The van der Waals surface area contributed by atoms with E-state index in [4.69, 9.17) is 39.6 Å². The van der Waals surface area contributed by atoms with E-state index in [0.29, 0.717) is 0 Å². The zero-order valence-electron chi connectivity index (χ0n) is 9.77. The third-order valence-electron chi connectivity index (χ3n) is 0.965. The fourth-order valence-corrected chi connectivity index (χ4v) is 0.342. The van der Waals surface area contributed by atoms with Gasteiger partial charge in [0.05, 0.1) is 0 Å². The summed E-state index contributed by atoms with van der Waals surface area (Å²) in [5, 5.41) is 31.1. The van der Waals surface area contributed by atoms with Gasteiger partial charge in [0.2, 0.25) is 0 Å². The highest BCUT2D eigenvalue weighted by atomic mass is 16.4. The van der Waals surface area contributed by atoms with Crippen LogP contribution in [-0.4, -0.2) is 50.1 Å². The molecule has 11 heteroatoms. The molecule has 0 fully saturated rings. The molecule has 0 aliphatic heterocycles. The maximum atomic E-state index is 9.10. The fraction of sp³-hybridized carbons (Fsp3) is 0. The molecule has 1 aromatic heterocycles. The van der Waals surface area contributed by atoms with Crippen LogP contribution in [0.2, 0.25) is 0 Å². The number of aromatic nitrogens is 1. The van der Waals surface area contributed by atoms with Crippen LogP contribution in [0.4, 0.5) is 0 Å². The number of carboxylic acids is 4. The standard InChI is InChI=1S/C5H5N.2C2H2O4.2H2O/c1-2-4-6-5-3-1;2*3-1(4)2(5)6;;/h1-5H;2*(H,3,4)(H,5,6);2*1H2. The second-order valence-corrected chi connectivity index (χ2v) is 2.28. The molecule has 0 radical (unpaired) electrons. The molecule has 1 aromatic rings. The molecule has 0 atom stereocenters. The molecule has 0 saturated heterocycles. The average Bonchev–Trinajstić information content (AvgIpc) is 2.32. The van der Waals surface area contributed by atoms with Crippen molar-refractivity contribution in [3.8, 4) is 0 Å². The Bertz CT molecular complexity index is 330. The van der Waals surface area contributed by atoms with Gasteiger partial charge >= 0.3 is 17.9 Å². The molecule has 1 rings (SSSR count). The topological polar surface area (TPSA) is 229 Å². The number of hydrogen-bond acceptors (Lipinski definition) is 5. The fourth-order valence-electron chi connectivity index (χ4n) is 0.342. The van der Waals surface area contributed by atoms with E-state index < -0.39 is 23.9 Å². The Labute approximate surface area is 111 Å². The molecule has 0 bridgehead atoms. The zero-order valence-corrected chi connectivity index (χ0v) is 9.77. The molecule has 0 aliphatic carbocycles. The number of H-pyrrole nitrogens is 1. The average molecular weight is 295 g/mol. The molecule has 0 amide bonds. The van der Waals surface area contributed by atoms with E-state index in [0.717, 1.165) is 0 Å². The zero-order chi connectivity index (χ0) is 14.6. The summed E-state index contributed by atoms with van der Waals surface area (Å²) >= 11 is 0. The largest absolute Gasteiger partial charge is 0.539 e. The molecule has 0 unspecified atom stereocenters. The van der Waals surface area contributed by atoms with Gasteiger partial charge in [0, 0.05) is 12.1 Å². The van der Waals surface area contributed by atoms with E-state index in [1.165, 1.54) is 0 Å². The predicted octanol–water partition coefficient (Wildman–Crippen LogP) is -4.17. The van der Waals surface area contributed by atoms with Gasteiger partial charge < -0.3 is 36.2 Å². The molecule has 8 N–H and O–H groups in total. The van der Waals surface area contributed by atoms with Crippen molar-refractivity contribution in [2.45, 2.75) is 0 Å². The number of carbonyl (C=O) groups is 4. The lowest BCUT2D eigenvalue weighted by Gasteiger charge is -1.85. The monoisotopic (exact) mass is 295 g/mol. The lowest BCUT2D eigenvalue weighted by atomic mass is 10.5. The quantitative estimate of drug-likeness (QED) is 0.396. The van der Waals surface area contributed by atoms with Crippen LogP contribution < -0.4 is 10.1 Å². The predicted molar refractivity (Wildman–Crippen MR) is 58.1 cm³/mol. The van der Waals surface area contributed by atoms with E-state index >= 15 is 0 Å². The molecule has 114 valence electrons. The number of pyridine rings is 1. The number of carboxylic acid groups (broad SMARTS) is 4. The molecule has 11 nitrogen and oxygen atoms in total. The highest BCUT2D eigenvalue weighted by molar-refractivity contribution is 6.27. The summed E-state index contributed by atoms with van der Waals surface area (Å²) in [4.78, 5) is 39.1. The van der Waals surface area contributed by atoms with Gasteiger partial charge in [0.15, 0.2) is 18.4 Å². The summed E-state index contributed by atoms with van der Waals surface area (Å²) in [7, 11) is 0. The Morgan fingerprint density at radius 1 is 0.750 bits per heavy atom. The summed E-state index contributed by atoms with van der Waals surface area (Å²) in [5.74, 6) is -7.66. The molecule has 0 aliphatic rings. The van der Waals surface area contributed by atoms with Crippen molar-refractivity contribution in [3.05, 3.63) is 30.6 Å². The second-order valence-electron chi connectivity index (χ2n) is 2.28. The first kappa shape index (κ1) is 25.7. The molecular formula is C9H13NO10. The van der Waals surface area contributed by atoms with Crippen LogP contribution in [-0.2, 0) is 19.2 Å². The molecule has 0 spiro atoms. The van der Waals surface area contributed by atoms with Crippen molar-refractivity contribution in [2.24, 2.45) is 0 Å². The van der Waals surface area contributed by atoms with E-state index in [2.05, 4.69) is 4.98 Å². The summed E-state index contributed by atoms with van der Waals surface area (Å²) in [6.45, 7) is 0. The van der Waals surface area contributed by atoms with Crippen LogP contribution in [0.5, 0.6) is 0 Å². The Balaban J connectivity index is -0.0000000914. The minimum atomic E-state index is -2.07. The van der Waals surface area contributed by atoms with Gasteiger partial charge in [0.25, 0.3) is 0 Å². The maximum Gasteiger partial charge on any atom is 0.414 e. The van der Waals surface area contributed by atoms with Crippen LogP contribution in [0.15, 0.2) is 30.6 Å². The molecular weight excluding hydrogens is 282 g/mol. The van der Waals surface area contributed by atoms with Crippen molar-refractivity contribution in [3.63, 3.8) is 0 Å². The highest BCUT2D eigenvalue weighted by Crippen LogP contribution is 1.68. The van der Waals surface area contributed by atoms with Crippen molar-refractivity contribution in [2.75, 3.05) is 0 Å². The minimum Gasteiger partial charge on any atom is -0.539 e. The molecule has 0 aromatic carbocycles. The summed E-state index contributed by atoms with van der Waals surface area (Å²) in [6, 6.07) is 5.86. The second kappa shape index (κ2) is 16.0. The normalized spacial score (nSPS) is 6.80. The minimum absolute atomic E-state index is 0. The summed E-state index contributed by atoms with van der Waals surface area (Å²) < 4.78 is 0. The Kier molecular flexibility index (Phi) is 20.5. The highest BCUT2D eigenvalue weighted by Gasteiger charge is 2.04. The van der Waals surface area contributed by atoms with Crippen LogP contribution in [0.1, 0.15) is 0 Å². The Morgan fingerprint density at radius 2 is 1.05 bits per heavy atom. The van der Waals surface area contributed by atoms with Gasteiger partial charge in [-0.3, -0.25) is 0 Å². The van der Waals surface area contributed by atoms with Gasteiger partial charge in [-0.15, -0.1) is 0 Å². The van der Waals surface area contributed by atoms with Gasteiger partial charge in [0.1, 0.15) is 0 Å². The Hall–Kier alpha value is -3.05. The van der Waals surface area contributed by atoms with Gasteiger partial charge in [-0.1, -0.05) is 6.07 Å². The van der Waals surface area contributed by atoms with E-state index in [1.54, 1.807) is 0 Å².